The van der Waals surface area contributed by atoms with Gasteiger partial charge < -0.3 is 19.5 Å². The zero-order chi connectivity index (χ0) is 18.8. The quantitative estimate of drug-likeness (QED) is 0.753. The fourth-order valence-corrected chi connectivity index (χ4v) is 2.93. The Labute approximate surface area is 156 Å². The fourth-order valence-electron chi connectivity index (χ4n) is 2.93. The van der Waals surface area contributed by atoms with Crippen LogP contribution >= 0.6 is 0 Å². The molecule has 0 saturated carbocycles. The van der Waals surface area contributed by atoms with Gasteiger partial charge >= 0.3 is 0 Å². The summed E-state index contributed by atoms with van der Waals surface area (Å²) in [4.78, 5) is 12.5. The average Bonchev–Trinajstić information content (AvgIpc) is 3.32. The van der Waals surface area contributed by atoms with Crippen LogP contribution in [0.15, 0.2) is 48.5 Å². The molecule has 2 heterocycles. The Morgan fingerprint density at radius 1 is 1.15 bits per heavy atom. The summed E-state index contributed by atoms with van der Waals surface area (Å²) in [5.74, 6) is 1.96. The van der Waals surface area contributed by atoms with Gasteiger partial charge in [-0.05, 0) is 48.0 Å². The Hall–Kier alpha value is -3.48. The number of ether oxygens (including phenoxy) is 3. The van der Waals surface area contributed by atoms with Crippen molar-refractivity contribution in [3.05, 3.63) is 59.8 Å². The number of aromatic nitrogens is 2. The van der Waals surface area contributed by atoms with E-state index in [1.54, 1.807) is 17.9 Å². The van der Waals surface area contributed by atoms with Gasteiger partial charge in [0.25, 0.3) is 5.91 Å². The number of amides is 1. The van der Waals surface area contributed by atoms with Crippen molar-refractivity contribution in [2.24, 2.45) is 7.05 Å². The largest absolute Gasteiger partial charge is 0.497 e. The highest BCUT2D eigenvalue weighted by Crippen LogP contribution is 2.32. The number of carbonyl (C=O) groups excluding carboxylic acids is 1. The summed E-state index contributed by atoms with van der Waals surface area (Å²) in [5, 5.41) is 7.21. The zero-order valence-electron chi connectivity index (χ0n) is 15.1. The number of benzene rings is 2. The molecule has 0 saturated heterocycles. The number of carbonyl (C=O) groups is 1. The molecule has 0 atom stereocenters. The maximum Gasteiger partial charge on any atom is 0.272 e. The summed E-state index contributed by atoms with van der Waals surface area (Å²) < 4.78 is 17.5. The number of aryl methyl sites for hydroxylation is 1. The lowest BCUT2D eigenvalue weighted by atomic mass is 10.1. The van der Waals surface area contributed by atoms with Crippen LogP contribution in [0.3, 0.4) is 0 Å². The molecular weight excluding hydrogens is 346 g/mol. The number of nitrogens with one attached hydrogen (secondary N) is 1. The second-order valence-corrected chi connectivity index (χ2v) is 6.14. The third-order valence-electron chi connectivity index (χ3n) is 4.39. The third-order valence-corrected chi connectivity index (χ3v) is 4.39. The molecule has 1 aromatic heterocycles. The normalized spacial score (nSPS) is 12.1. The highest BCUT2D eigenvalue weighted by molar-refractivity contribution is 5.93. The van der Waals surface area contributed by atoms with Gasteiger partial charge in [-0.25, -0.2) is 0 Å². The molecule has 0 fully saturated rings. The van der Waals surface area contributed by atoms with E-state index in [1.165, 1.54) is 0 Å². The first-order valence-electron chi connectivity index (χ1n) is 8.49. The topological polar surface area (TPSA) is 74.6 Å². The number of rotatable bonds is 5. The molecule has 3 aromatic rings. The molecule has 4 rings (SSSR count). The fraction of sp³-hybridized carbons (Fsp3) is 0.200. The molecule has 1 aliphatic heterocycles. The van der Waals surface area contributed by atoms with Crippen molar-refractivity contribution in [1.29, 1.82) is 0 Å². The monoisotopic (exact) mass is 365 g/mol. The van der Waals surface area contributed by atoms with E-state index in [0.717, 1.165) is 28.3 Å². The number of hydrogen-bond acceptors (Lipinski definition) is 5. The molecule has 7 nitrogen and oxygen atoms in total. The number of methoxy groups -OCH3 is 1. The summed E-state index contributed by atoms with van der Waals surface area (Å²) in [6.07, 6.45) is 0. The highest BCUT2D eigenvalue weighted by Gasteiger charge is 2.16. The van der Waals surface area contributed by atoms with Crippen molar-refractivity contribution in [3.63, 3.8) is 0 Å². The second kappa shape index (κ2) is 7.03. The Balaban J connectivity index is 1.46. The SMILES string of the molecule is COc1ccc(-c2cc(C(=O)NCc3ccc4c(c3)OCO4)nn2C)cc1. The third kappa shape index (κ3) is 3.44. The molecule has 0 unspecified atom stereocenters. The van der Waals surface area contributed by atoms with E-state index in [-0.39, 0.29) is 12.7 Å². The van der Waals surface area contributed by atoms with Crippen LogP contribution in [0.25, 0.3) is 11.3 Å². The van der Waals surface area contributed by atoms with Crippen LogP contribution in [0.4, 0.5) is 0 Å². The van der Waals surface area contributed by atoms with E-state index in [1.807, 2.05) is 49.5 Å². The van der Waals surface area contributed by atoms with Gasteiger partial charge in [0, 0.05) is 19.2 Å². The maximum absolute atomic E-state index is 12.5. The molecule has 0 radical (unpaired) electrons. The zero-order valence-corrected chi connectivity index (χ0v) is 15.1. The van der Waals surface area contributed by atoms with Crippen LogP contribution in [0, 0.1) is 0 Å². The van der Waals surface area contributed by atoms with Crippen molar-refractivity contribution < 1.29 is 19.0 Å². The van der Waals surface area contributed by atoms with Gasteiger partial charge in [0.2, 0.25) is 6.79 Å². The molecule has 2 aromatic carbocycles. The summed E-state index contributed by atoms with van der Waals surface area (Å²) in [6, 6.07) is 15.0. The van der Waals surface area contributed by atoms with Crippen molar-refractivity contribution >= 4 is 5.91 Å². The molecule has 1 aliphatic rings. The molecule has 1 N–H and O–H groups in total. The smallest absolute Gasteiger partial charge is 0.272 e. The van der Waals surface area contributed by atoms with Crippen LogP contribution in [0.5, 0.6) is 17.2 Å². The average molecular weight is 365 g/mol. The predicted molar refractivity (Wildman–Crippen MR) is 98.9 cm³/mol. The summed E-state index contributed by atoms with van der Waals surface area (Å²) in [6.45, 7) is 0.608. The summed E-state index contributed by atoms with van der Waals surface area (Å²) in [7, 11) is 3.44. The van der Waals surface area contributed by atoms with E-state index < -0.39 is 0 Å². The second-order valence-electron chi connectivity index (χ2n) is 6.14. The van der Waals surface area contributed by atoms with E-state index in [4.69, 9.17) is 14.2 Å². The first-order valence-corrected chi connectivity index (χ1v) is 8.49. The summed E-state index contributed by atoms with van der Waals surface area (Å²) in [5.41, 5.74) is 3.11. The first kappa shape index (κ1) is 17.0. The predicted octanol–water partition coefficient (Wildman–Crippen LogP) is 2.75. The first-order chi connectivity index (χ1) is 13.1. The lowest BCUT2D eigenvalue weighted by Gasteiger charge is -2.04. The van der Waals surface area contributed by atoms with Crippen molar-refractivity contribution in [2.75, 3.05) is 13.9 Å². The van der Waals surface area contributed by atoms with Crippen molar-refractivity contribution in [2.45, 2.75) is 6.54 Å². The molecule has 0 aliphatic carbocycles. The van der Waals surface area contributed by atoms with Gasteiger partial charge in [0.05, 0.1) is 12.8 Å². The Bertz CT molecular complexity index is 979. The molecule has 0 spiro atoms. The van der Waals surface area contributed by atoms with Gasteiger partial charge in [-0.2, -0.15) is 5.10 Å². The Morgan fingerprint density at radius 2 is 1.93 bits per heavy atom. The van der Waals surface area contributed by atoms with Gasteiger partial charge in [-0.15, -0.1) is 0 Å². The van der Waals surface area contributed by atoms with E-state index in [2.05, 4.69) is 10.4 Å². The van der Waals surface area contributed by atoms with Crippen LogP contribution in [-0.2, 0) is 13.6 Å². The molecule has 7 heteroatoms. The van der Waals surface area contributed by atoms with Gasteiger partial charge in [0.1, 0.15) is 5.75 Å². The number of fused-ring (bicyclic) bond motifs is 1. The van der Waals surface area contributed by atoms with Crippen LogP contribution < -0.4 is 19.5 Å². The Morgan fingerprint density at radius 3 is 2.70 bits per heavy atom. The molecule has 138 valence electrons. The molecule has 27 heavy (non-hydrogen) atoms. The lowest BCUT2D eigenvalue weighted by molar-refractivity contribution is 0.0945. The van der Waals surface area contributed by atoms with Gasteiger partial charge in [-0.1, -0.05) is 6.07 Å². The van der Waals surface area contributed by atoms with E-state index in [9.17, 15) is 4.79 Å². The standard InChI is InChI=1S/C20H19N3O4/c1-23-17(14-4-6-15(25-2)7-5-14)10-16(22-23)20(24)21-11-13-3-8-18-19(9-13)27-12-26-18/h3-10H,11-12H2,1-2H3,(H,21,24). The number of nitrogens with zero attached hydrogens (tertiary/aromatic N) is 2. The van der Waals surface area contributed by atoms with Gasteiger partial charge in [0.15, 0.2) is 17.2 Å². The lowest BCUT2D eigenvalue weighted by Crippen LogP contribution is -2.23. The van der Waals surface area contributed by atoms with Crippen molar-refractivity contribution in [1.82, 2.24) is 15.1 Å². The number of hydrogen-bond donors (Lipinski definition) is 1. The molecule has 0 bridgehead atoms. The molecular formula is C20H19N3O4. The minimum atomic E-state index is -0.233. The maximum atomic E-state index is 12.5. The minimum absolute atomic E-state index is 0.229. The highest BCUT2D eigenvalue weighted by atomic mass is 16.7. The van der Waals surface area contributed by atoms with Crippen LogP contribution in [-0.4, -0.2) is 29.6 Å². The van der Waals surface area contributed by atoms with E-state index >= 15 is 0 Å². The minimum Gasteiger partial charge on any atom is -0.497 e. The van der Waals surface area contributed by atoms with Crippen LogP contribution in [0.1, 0.15) is 16.1 Å². The Kier molecular flexibility index (Phi) is 4.42. The summed E-state index contributed by atoms with van der Waals surface area (Å²) >= 11 is 0. The van der Waals surface area contributed by atoms with Gasteiger partial charge in [-0.3, -0.25) is 9.48 Å². The molecule has 1 amide bonds. The van der Waals surface area contributed by atoms with Crippen molar-refractivity contribution in [3.8, 4) is 28.5 Å². The van der Waals surface area contributed by atoms with Crippen LogP contribution in [0.2, 0.25) is 0 Å². The van der Waals surface area contributed by atoms with E-state index in [0.29, 0.717) is 18.0 Å².